The largest absolute Gasteiger partial charge is 1.00 e. The van der Waals surface area contributed by atoms with E-state index < -0.39 is 0 Å². The topological polar surface area (TPSA) is 4.44 Å². The van der Waals surface area contributed by atoms with Crippen LogP contribution in [0.15, 0.2) is 24.0 Å². The molecular formula is C16H30FN. The highest BCUT2D eigenvalue weighted by molar-refractivity contribution is 5.10. The van der Waals surface area contributed by atoms with Gasteiger partial charge in [-0.2, -0.15) is 0 Å². The van der Waals surface area contributed by atoms with Gasteiger partial charge in [0.2, 0.25) is 0 Å². The number of unbranched alkanes of at least 4 members (excludes halogenated alkanes) is 6. The molecule has 1 heterocycles. The fraction of sp³-hybridized carbons (Fsp3) is 0.750. The number of quaternary nitrogens is 1. The second kappa shape index (κ2) is 11.5. The minimum absolute atomic E-state index is 0. The Labute approximate surface area is 112 Å². The monoisotopic (exact) mass is 255 g/mol. The van der Waals surface area contributed by atoms with Crippen molar-refractivity contribution in [1.82, 2.24) is 0 Å². The van der Waals surface area contributed by atoms with Crippen LogP contribution in [0.1, 0.15) is 71.6 Å². The Morgan fingerprint density at radius 1 is 0.889 bits per heavy atom. The van der Waals surface area contributed by atoms with E-state index in [0.717, 1.165) is 0 Å². The predicted molar refractivity (Wildman–Crippen MR) is 76.0 cm³/mol. The summed E-state index contributed by atoms with van der Waals surface area (Å²) in [5.41, 5.74) is 1.60. The van der Waals surface area contributed by atoms with Crippen LogP contribution in [0.25, 0.3) is 0 Å². The molecule has 1 N–H and O–H groups in total. The van der Waals surface area contributed by atoms with Crippen LogP contribution in [0.2, 0.25) is 0 Å². The van der Waals surface area contributed by atoms with Gasteiger partial charge in [-0.15, -0.1) is 0 Å². The first-order valence-corrected chi connectivity index (χ1v) is 7.62. The molecule has 0 amide bonds. The summed E-state index contributed by atoms with van der Waals surface area (Å²) in [4.78, 5) is 1.61. The zero-order chi connectivity index (χ0) is 12.3. The van der Waals surface area contributed by atoms with Gasteiger partial charge in [0.15, 0.2) is 0 Å². The molecule has 0 bridgehead atoms. The first-order chi connectivity index (χ1) is 8.38. The molecule has 1 atom stereocenters. The Bertz CT molecular complexity index is 245. The van der Waals surface area contributed by atoms with Crippen molar-refractivity contribution in [2.75, 3.05) is 6.54 Å². The molecule has 0 aromatic carbocycles. The molecule has 1 aliphatic rings. The fourth-order valence-electron chi connectivity index (χ4n) is 2.52. The number of nitrogens with one attached hydrogen (secondary N) is 1. The van der Waals surface area contributed by atoms with Gasteiger partial charge in [-0.3, -0.25) is 4.90 Å². The van der Waals surface area contributed by atoms with Gasteiger partial charge in [0.05, 0.1) is 12.7 Å². The van der Waals surface area contributed by atoms with Gasteiger partial charge in [-0.05, 0) is 25.3 Å². The lowest BCUT2D eigenvalue weighted by Crippen LogP contribution is -3.04. The Morgan fingerprint density at radius 2 is 1.56 bits per heavy atom. The van der Waals surface area contributed by atoms with Gasteiger partial charge in [-0.25, -0.2) is 0 Å². The number of allylic oxidation sites excluding steroid dienone is 3. The third-order valence-corrected chi connectivity index (χ3v) is 3.58. The highest BCUT2D eigenvalue weighted by Gasteiger charge is 2.14. The van der Waals surface area contributed by atoms with E-state index in [1.807, 2.05) is 0 Å². The third kappa shape index (κ3) is 6.95. The quantitative estimate of drug-likeness (QED) is 0.552. The molecule has 1 unspecified atom stereocenters. The summed E-state index contributed by atoms with van der Waals surface area (Å²) in [5.74, 6) is 0. The van der Waals surface area contributed by atoms with Crippen LogP contribution in [0.5, 0.6) is 0 Å². The maximum Gasteiger partial charge on any atom is 0.112 e. The summed E-state index contributed by atoms with van der Waals surface area (Å²) in [6, 6.07) is 0. The standard InChI is InChI=1S/C16H29N.FH/c1-3-5-6-7-8-9-10-14-17-15-11-13-16(17)12-4-2;/h11,13,15H,3-10,12,14H2,1-2H3;1H. The molecule has 1 nitrogen and oxygen atoms in total. The van der Waals surface area contributed by atoms with Gasteiger partial charge in [0.25, 0.3) is 0 Å². The average molecular weight is 255 g/mol. The first kappa shape index (κ1) is 17.4. The molecule has 0 spiro atoms. The van der Waals surface area contributed by atoms with Crippen molar-refractivity contribution < 1.29 is 9.60 Å². The van der Waals surface area contributed by atoms with Crippen molar-refractivity contribution in [3.63, 3.8) is 0 Å². The van der Waals surface area contributed by atoms with Crippen molar-refractivity contribution >= 4 is 0 Å². The smallest absolute Gasteiger partial charge is 0.112 e. The maximum absolute atomic E-state index is 2.32. The normalized spacial score (nSPS) is 17.7. The van der Waals surface area contributed by atoms with Crippen LogP contribution in [-0.2, 0) is 0 Å². The molecule has 2 heteroatoms. The van der Waals surface area contributed by atoms with Crippen LogP contribution < -0.4 is 9.60 Å². The zero-order valence-corrected chi connectivity index (χ0v) is 12.2. The van der Waals surface area contributed by atoms with Gasteiger partial charge in [0, 0.05) is 12.5 Å². The van der Waals surface area contributed by atoms with E-state index in [9.17, 15) is 0 Å². The first-order valence-electron chi connectivity index (χ1n) is 7.62. The predicted octanol–water partition coefficient (Wildman–Crippen LogP) is 0.837. The lowest BCUT2D eigenvalue weighted by Gasteiger charge is -2.13. The van der Waals surface area contributed by atoms with Gasteiger partial charge in [0.1, 0.15) is 5.70 Å². The van der Waals surface area contributed by atoms with Gasteiger partial charge in [-0.1, -0.05) is 46.0 Å². The van der Waals surface area contributed by atoms with Crippen LogP contribution in [-0.4, -0.2) is 6.54 Å². The number of hydrogen-bond donors (Lipinski definition) is 1. The van der Waals surface area contributed by atoms with E-state index >= 15 is 0 Å². The second-order valence-electron chi connectivity index (χ2n) is 5.20. The maximum atomic E-state index is 2.32. The number of hydrogen-bond acceptors (Lipinski definition) is 0. The summed E-state index contributed by atoms with van der Waals surface area (Å²) >= 11 is 0. The van der Waals surface area contributed by atoms with Crippen molar-refractivity contribution in [2.24, 2.45) is 0 Å². The van der Waals surface area contributed by atoms with E-state index in [1.54, 1.807) is 10.6 Å². The van der Waals surface area contributed by atoms with Crippen LogP contribution in [0, 0.1) is 0 Å². The van der Waals surface area contributed by atoms with Crippen molar-refractivity contribution in [3.05, 3.63) is 24.0 Å². The molecule has 0 aliphatic carbocycles. The van der Waals surface area contributed by atoms with Crippen molar-refractivity contribution in [1.29, 1.82) is 0 Å². The second-order valence-corrected chi connectivity index (χ2v) is 5.20. The lowest BCUT2D eigenvalue weighted by atomic mass is 10.1. The summed E-state index contributed by atoms with van der Waals surface area (Å²) < 4.78 is 0. The minimum atomic E-state index is 0. The fourth-order valence-corrected chi connectivity index (χ4v) is 2.52. The number of halogens is 1. The molecule has 0 saturated heterocycles. The van der Waals surface area contributed by atoms with E-state index in [-0.39, 0.29) is 4.70 Å². The van der Waals surface area contributed by atoms with E-state index in [2.05, 4.69) is 32.2 Å². The van der Waals surface area contributed by atoms with Crippen LogP contribution >= 0.6 is 0 Å². The summed E-state index contributed by atoms with van der Waals surface area (Å²) in [5, 5.41) is 0. The Kier molecular flexibility index (Phi) is 11.1. The Morgan fingerprint density at radius 3 is 2.22 bits per heavy atom. The molecule has 0 aromatic rings. The highest BCUT2D eigenvalue weighted by atomic mass is 19.0. The molecule has 0 fully saturated rings. The highest BCUT2D eigenvalue weighted by Crippen LogP contribution is 2.07. The van der Waals surface area contributed by atoms with Gasteiger partial charge >= 0.3 is 0 Å². The molecule has 0 radical (unpaired) electrons. The summed E-state index contributed by atoms with van der Waals surface area (Å²) in [6.45, 7) is 5.85. The molecule has 18 heavy (non-hydrogen) atoms. The van der Waals surface area contributed by atoms with Crippen molar-refractivity contribution in [3.8, 4) is 0 Å². The molecule has 0 aromatic heterocycles. The molecule has 1 aliphatic heterocycles. The van der Waals surface area contributed by atoms with E-state index in [0.29, 0.717) is 0 Å². The molecule has 106 valence electrons. The van der Waals surface area contributed by atoms with Crippen LogP contribution in [0.4, 0.5) is 0 Å². The minimum Gasteiger partial charge on any atom is -1.00 e. The Balaban J connectivity index is 0.00000289. The third-order valence-electron chi connectivity index (χ3n) is 3.58. The van der Waals surface area contributed by atoms with Crippen molar-refractivity contribution in [2.45, 2.75) is 71.6 Å². The number of rotatable bonds is 10. The molecule has 1 rings (SSSR count). The molecular weight excluding hydrogens is 225 g/mol. The van der Waals surface area contributed by atoms with E-state index in [1.165, 1.54) is 64.3 Å². The van der Waals surface area contributed by atoms with Gasteiger partial charge < -0.3 is 4.70 Å². The summed E-state index contributed by atoms with van der Waals surface area (Å²) in [6.07, 6.45) is 19.3. The average Bonchev–Trinajstić information content (AvgIpc) is 2.76. The Hall–Kier alpha value is -0.630. The summed E-state index contributed by atoms with van der Waals surface area (Å²) in [7, 11) is 0. The van der Waals surface area contributed by atoms with E-state index in [4.69, 9.17) is 0 Å². The SMILES string of the molecule is CCCCCCCCC[NH+]1C=CC=C1CCC.[F-]. The van der Waals surface area contributed by atoms with Crippen LogP contribution in [0.3, 0.4) is 0 Å². The lowest BCUT2D eigenvalue weighted by molar-refractivity contribution is -0.804. The zero-order valence-electron chi connectivity index (χ0n) is 12.2. The molecule has 0 saturated carbocycles.